The van der Waals surface area contributed by atoms with Crippen LogP contribution in [0.15, 0.2) is 54.7 Å². The molecule has 0 N–H and O–H groups in total. The summed E-state index contributed by atoms with van der Waals surface area (Å²) in [6, 6.07) is 18.6. The number of rotatable bonds is 2. The third-order valence-electron chi connectivity index (χ3n) is 8.54. The quantitative estimate of drug-likeness (QED) is 0.165. The summed E-state index contributed by atoms with van der Waals surface area (Å²) in [6.45, 7) is 20.7. The third-order valence-corrected chi connectivity index (χ3v) is 8.54. The molecule has 1 aliphatic heterocycles. The van der Waals surface area contributed by atoms with E-state index in [0.29, 0.717) is 5.92 Å². The van der Waals surface area contributed by atoms with Crippen LogP contribution in [-0.2, 0) is 18.9 Å². The van der Waals surface area contributed by atoms with E-state index >= 15 is 0 Å². The number of hydrogen-bond donors (Lipinski definition) is 0. The van der Waals surface area contributed by atoms with Crippen molar-refractivity contribution < 1.29 is 9.30 Å². The van der Waals surface area contributed by atoms with Crippen LogP contribution in [0, 0.1) is 12.3 Å². The Morgan fingerprint density at radius 2 is 1.54 bits per heavy atom. The fraction of sp³-hybridized carbons (Fsp3) is 0.378. The zero-order valence-electron chi connectivity index (χ0n) is 25.3. The number of benzene rings is 4. The molecule has 2 heterocycles. The lowest BCUT2D eigenvalue weighted by atomic mass is 9.80. The fourth-order valence-corrected chi connectivity index (χ4v) is 6.40. The molecule has 0 fully saturated rings. The van der Waals surface area contributed by atoms with Crippen LogP contribution in [0.3, 0.4) is 0 Å². The molecule has 0 aliphatic carbocycles. The first-order valence-electron chi connectivity index (χ1n) is 14.4. The van der Waals surface area contributed by atoms with Crippen LogP contribution in [0.1, 0.15) is 83.6 Å². The Kier molecular flexibility index (Phi) is 5.67. The van der Waals surface area contributed by atoms with Gasteiger partial charge in [0.25, 0.3) is 0 Å². The smallest absolute Gasteiger partial charge is 0.228 e. The summed E-state index contributed by atoms with van der Waals surface area (Å²) >= 11 is 0. The van der Waals surface area contributed by atoms with Crippen LogP contribution < -0.4 is 9.30 Å². The number of hydrogen-bond acceptors (Lipinski definition) is 1. The lowest BCUT2D eigenvalue weighted by Crippen LogP contribution is -2.32. The molecule has 0 radical (unpaired) electrons. The highest BCUT2D eigenvalue weighted by atomic mass is 16.5. The molecule has 0 saturated heterocycles. The maximum absolute atomic E-state index is 7.07. The lowest BCUT2D eigenvalue weighted by molar-refractivity contribution is -0.659. The predicted octanol–water partition coefficient (Wildman–Crippen LogP) is 10.1. The van der Waals surface area contributed by atoms with E-state index in [1.807, 2.05) is 0 Å². The molecule has 0 bridgehead atoms. The van der Waals surface area contributed by atoms with Gasteiger partial charge in [0.2, 0.25) is 5.69 Å². The van der Waals surface area contributed by atoms with Crippen molar-refractivity contribution in [2.45, 2.75) is 80.1 Å². The summed E-state index contributed by atoms with van der Waals surface area (Å²) in [6.07, 6.45) is 3.18. The maximum atomic E-state index is 7.07. The Bertz CT molecular complexity index is 1810. The van der Waals surface area contributed by atoms with E-state index in [0.717, 1.165) is 17.9 Å². The Morgan fingerprint density at radius 3 is 2.21 bits per heavy atom. The Labute approximate surface area is 233 Å². The summed E-state index contributed by atoms with van der Waals surface area (Å²) in [4.78, 5) is 0. The van der Waals surface area contributed by atoms with E-state index in [-0.39, 0.29) is 10.8 Å². The largest absolute Gasteiger partial charge is 0.455 e. The van der Waals surface area contributed by atoms with E-state index in [1.54, 1.807) is 0 Å². The highest BCUT2D eigenvalue weighted by Gasteiger charge is 2.34. The average Bonchev–Trinajstić information content (AvgIpc) is 2.85. The van der Waals surface area contributed by atoms with Gasteiger partial charge in [-0.2, -0.15) is 0 Å². The normalized spacial score (nSPS) is 13.4. The van der Waals surface area contributed by atoms with Gasteiger partial charge in [0.1, 0.15) is 18.5 Å². The topological polar surface area (TPSA) is 13.1 Å². The van der Waals surface area contributed by atoms with Crippen molar-refractivity contribution in [2.75, 3.05) is 0 Å². The van der Waals surface area contributed by atoms with Gasteiger partial charge < -0.3 is 4.74 Å². The second-order valence-corrected chi connectivity index (χ2v) is 14.2. The van der Waals surface area contributed by atoms with Crippen molar-refractivity contribution in [3.05, 3.63) is 77.0 Å². The number of ether oxygens (including phenoxy) is 1. The molecule has 39 heavy (non-hydrogen) atoms. The minimum atomic E-state index is 0.0901. The van der Waals surface area contributed by atoms with E-state index in [2.05, 4.69) is 129 Å². The van der Waals surface area contributed by atoms with Crippen molar-refractivity contribution in [3.63, 3.8) is 0 Å². The van der Waals surface area contributed by atoms with Crippen LogP contribution in [0.5, 0.6) is 11.5 Å². The molecule has 0 atom stereocenters. The fourth-order valence-electron chi connectivity index (χ4n) is 6.40. The summed E-state index contributed by atoms with van der Waals surface area (Å²) in [5.41, 5.74) is 8.06. The van der Waals surface area contributed by atoms with Gasteiger partial charge in [-0.25, -0.2) is 4.57 Å². The van der Waals surface area contributed by atoms with Gasteiger partial charge >= 0.3 is 0 Å². The first-order chi connectivity index (χ1) is 18.2. The number of aryl methyl sites for hydroxylation is 2. The molecular weight excluding hydrogens is 474 g/mol. The molecule has 6 rings (SSSR count). The van der Waals surface area contributed by atoms with Crippen LogP contribution in [0.2, 0.25) is 0 Å². The number of fused-ring (bicyclic) bond motifs is 5. The minimum Gasteiger partial charge on any atom is -0.455 e. The van der Waals surface area contributed by atoms with Crippen molar-refractivity contribution in [1.82, 2.24) is 0 Å². The van der Waals surface area contributed by atoms with Crippen molar-refractivity contribution in [1.29, 1.82) is 0 Å². The maximum Gasteiger partial charge on any atom is 0.228 e. The zero-order valence-corrected chi connectivity index (χ0v) is 25.3. The van der Waals surface area contributed by atoms with Gasteiger partial charge in [-0.3, -0.25) is 0 Å². The molecule has 0 amide bonds. The first-order valence-corrected chi connectivity index (χ1v) is 14.4. The molecule has 1 aromatic heterocycles. The van der Waals surface area contributed by atoms with E-state index in [1.165, 1.54) is 65.8 Å². The minimum absolute atomic E-state index is 0.0901. The SMILES string of the molecule is Cc1c2c(c(CC(C)(C)C)c3ccc(C(C)C)cc13)Oc1cc3cc(C(C)(C)C)ccc3c3cc[n+](C)c-2c13. The summed E-state index contributed by atoms with van der Waals surface area (Å²) in [5, 5.41) is 7.66. The predicted molar refractivity (Wildman–Crippen MR) is 166 cm³/mol. The van der Waals surface area contributed by atoms with Crippen molar-refractivity contribution in [2.24, 2.45) is 12.5 Å². The van der Waals surface area contributed by atoms with Gasteiger partial charge in [-0.15, -0.1) is 0 Å². The number of aromatic nitrogens is 1. The second kappa shape index (κ2) is 8.55. The van der Waals surface area contributed by atoms with Gasteiger partial charge in [0.15, 0.2) is 6.20 Å². The van der Waals surface area contributed by atoms with Crippen molar-refractivity contribution >= 4 is 32.3 Å². The number of nitrogens with zero attached hydrogens (tertiary/aromatic N) is 1. The Balaban J connectivity index is 1.76. The van der Waals surface area contributed by atoms with Crippen molar-refractivity contribution in [3.8, 4) is 22.8 Å². The van der Waals surface area contributed by atoms with Crippen LogP contribution >= 0.6 is 0 Å². The Morgan fingerprint density at radius 1 is 0.821 bits per heavy atom. The van der Waals surface area contributed by atoms with Gasteiger partial charge in [-0.05, 0) is 74.4 Å². The number of pyridine rings is 1. The highest BCUT2D eigenvalue weighted by molar-refractivity contribution is 6.16. The van der Waals surface area contributed by atoms with E-state index in [9.17, 15) is 0 Å². The Hall–Kier alpha value is -3.39. The summed E-state index contributed by atoms with van der Waals surface area (Å²) < 4.78 is 9.37. The molecule has 5 aromatic rings. The molecule has 200 valence electrons. The molecule has 0 saturated carbocycles. The molecule has 2 nitrogen and oxygen atoms in total. The molecule has 1 aliphatic rings. The van der Waals surface area contributed by atoms with Crippen LogP contribution in [0.25, 0.3) is 43.6 Å². The van der Waals surface area contributed by atoms with Crippen LogP contribution in [0.4, 0.5) is 0 Å². The summed E-state index contributed by atoms with van der Waals surface area (Å²) in [5.74, 6) is 2.49. The molecule has 2 heteroatoms. The van der Waals surface area contributed by atoms with Crippen LogP contribution in [-0.4, -0.2) is 0 Å². The first kappa shape index (κ1) is 25.9. The van der Waals surface area contributed by atoms with E-state index in [4.69, 9.17) is 4.74 Å². The van der Waals surface area contributed by atoms with Gasteiger partial charge in [0, 0.05) is 17.0 Å². The monoisotopic (exact) mass is 516 g/mol. The molecular formula is C37H42NO+. The molecule has 0 unspecified atom stereocenters. The third kappa shape index (κ3) is 4.11. The standard InChI is InChI=1S/C37H42NO/c1-21(2)23-11-13-27-29(18-23)22(3)32-34-33-28(15-16-38(34)10)26-14-12-25(37(7,8)9)17-24(26)19-31(33)39-35(32)30(27)20-36(4,5)6/h11-19,21H,20H2,1-10H3/q+1. The average molecular weight is 517 g/mol. The second-order valence-electron chi connectivity index (χ2n) is 14.2. The van der Waals surface area contributed by atoms with Gasteiger partial charge in [-0.1, -0.05) is 91.8 Å². The molecule has 4 aromatic carbocycles. The highest BCUT2D eigenvalue weighted by Crippen LogP contribution is 2.53. The van der Waals surface area contributed by atoms with E-state index < -0.39 is 0 Å². The van der Waals surface area contributed by atoms with Gasteiger partial charge in [0.05, 0.1) is 10.9 Å². The lowest BCUT2D eigenvalue weighted by Gasteiger charge is -2.29. The zero-order chi connectivity index (χ0) is 28.0. The summed E-state index contributed by atoms with van der Waals surface area (Å²) in [7, 11) is 2.18. The molecule has 0 spiro atoms.